The summed E-state index contributed by atoms with van der Waals surface area (Å²) in [4.78, 5) is 11.4. The highest BCUT2D eigenvalue weighted by molar-refractivity contribution is 7.99. The minimum Gasteiger partial charge on any atom is -0.390 e. The van der Waals surface area contributed by atoms with Gasteiger partial charge in [0.1, 0.15) is 16.2 Å². The lowest BCUT2D eigenvalue weighted by atomic mass is 10.2. The van der Waals surface area contributed by atoms with E-state index in [0.717, 1.165) is 16.3 Å². The predicted molar refractivity (Wildman–Crippen MR) is 87.3 cm³/mol. The van der Waals surface area contributed by atoms with Crippen molar-refractivity contribution in [1.29, 1.82) is 0 Å². The Morgan fingerprint density at radius 3 is 3.05 bits per heavy atom. The molecule has 6 heteroatoms. The SMILES string of the molecule is CC(C)OCC(O)CSc1ncnc2sc3c(c12)CCC3. The number of aromatic nitrogens is 2. The molecule has 1 unspecified atom stereocenters. The zero-order valence-electron chi connectivity index (χ0n) is 12.3. The van der Waals surface area contributed by atoms with E-state index in [-0.39, 0.29) is 6.10 Å². The Balaban J connectivity index is 1.72. The van der Waals surface area contributed by atoms with Crippen molar-refractivity contribution in [3.63, 3.8) is 0 Å². The Morgan fingerprint density at radius 2 is 2.24 bits per heavy atom. The van der Waals surface area contributed by atoms with Gasteiger partial charge in [0.2, 0.25) is 0 Å². The summed E-state index contributed by atoms with van der Waals surface area (Å²) >= 11 is 3.40. The number of hydrogen-bond acceptors (Lipinski definition) is 6. The van der Waals surface area contributed by atoms with E-state index in [1.807, 2.05) is 13.8 Å². The number of thioether (sulfide) groups is 1. The zero-order chi connectivity index (χ0) is 14.8. The molecule has 0 saturated carbocycles. The number of hydrogen-bond donors (Lipinski definition) is 1. The van der Waals surface area contributed by atoms with Gasteiger partial charge in [-0.05, 0) is 38.7 Å². The summed E-state index contributed by atoms with van der Waals surface area (Å²) in [5, 5.41) is 12.2. The molecule has 1 N–H and O–H groups in total. The molecule has 3 rings (SSSR count). The van der Waals surface area contributed by atoms with Gasteiger partial charge >= 0.3 is 0 Å². The summed E-state index contributed by atoms with van der Waals surface area (Å²) in [7, 11) is 0. The second-order valence-electron chi connectivity index (χ2n) is 5.56. The van der Waals surface area contributed by atoms with E-state index in [1.165, 1.54) is 28.7 Å². The fourth-order valence-electron chi connectivity index (χ4n) is 2.54. The molecule has 1 atom stereocenters. The van der Waals surface area contributed by atoms with E-state index in [2.05, 4.69) is 9.97 Å². The molecule has 4 nitrogen and oxygen atoms in total. The van der Waals surface area contributed by atoms with Crippen LogP contribution in [0.5, 0.6) is 0 Å². The van der Waals surface area contributed by atoms with E-state index in [9.17, 15) is 5.11 Å². The number of aryl methyl sites for hydroxylation is 2. The number of rotatable bonds is 6. The maximum Gasteiger partial charge on any atom is 0.128 e. The summed E-state index contributed by atoms with van der Waals surface area (Å²) in [6.07, 6.45) is 4.86. The van der Waals surface area contributed by atoms with Crippen LogP contribution in [0.3, 0.4) is 0 Å². The summed E-state index contributed by atoms with van der Waals surface area (Å²) < 4.78 is 5.44. The second-order valence-corrected chi connectivity index (χ2v) is 7.66. The monoisotopic (exact) mass is 324 g/mol. The molecule has 0 aliphatic heterocycles. The highest BCUT2D eigenvalue weighted by Gasteiger charge is 2.21. The topological polar surface area (TPSA) is 55.2 Å². The van der Waals surface area contributed by atoms with Gasteiger partial charge in [-0.25, -0.2) is 9.97 Å². The van der Waals surface area contributed by atoms with Crippen LogP contribution in [0.25, 0.3) is 10.2 Å². The molecule has 1 aliphatic carbocycles. The molecule has 0 spiro atoms. The highest BCUT2D eigenvalue weighted by Crippen LogP contribution is 2.40. The van der Waals surface area contributed by atoms with Crippen molar-refractivity contribution in [2.24, 2.45) is 0 Å². The van der Waals surface area contributed by atoms with Crippen molar-refractivity contribution < 1.29 is 9.84 Å². The van der Waals surface area contributed by atoms with E-state index in [0.29, 0.717) is 12.4 Å². The van der Waals surface area contributed by atoms with Crippen LogP contribution in [0.1, 0.15) is 30.7 Å². The fourth-order valence-corrected chi connectivity index (χ4v) is 4.76. The lowest BCUT2D eigenvalue weighted by Gasteiger charge is -2.13. The normalized spacial score (nSPS) is 15.8. The van der Waals surface area contributed by atoms with Crippen LogP contribution in [0.4, 0.5) is 0 Å². The first-order chi connectivity index (χ1) is 10.1. The Hall–Kier alpha value is -0.690. The van der Waals surface area contributed by atoms with Crippen molar-refractivity contribution in [3.05, 3.63) is 16.8 Å². The van der Waals surface area contributed by atoms with E-state index < -0.39 is 6.10 Å². The van der Waals surface area contributed by atoms with Gasteiger partial charge in [0, 0.05) is 16.0 Å². The average Bonchev–Trinajstić information content (AvgIpc) is 3.03. The summed E-state index contributed by atoms with van der Waals surface area (Å²) in [6, 6.07) is 0. The molecule has 0 saturated heterocycles. The first-order valence-corrected chi connectivity index (χ1v) is 9.13. The Labute approximate surface area is 133 Å². The molecule has 0 amide bonds. The third-order valence-electron chi connectivity index (χ3n) is 3.50. The van der Waals surface area contributed by atoms with Crippen LogP contribution >= 0.6 is 23.1 Å². The van der Waals surface area contributed by atoms with Gasteiger partial charge in [0.25, 0.3) is 0 Å². The molecule has 0 aromatic carbocycles. The fraction of sp³-hybridized carbons (Fsp3) is 0.600. The van der Waals surface area contributed by atoms with Crippen LogP contribution in [0.2, 0.25) is 0 Å². The number of ether oxygens (including phenoxy) is 1. The standard InChI is InChI=1S/C15H20N2O2S2/c1-9(2)19-6-10(18)7-20-14-13-11-4-3-5-12(11)21-15(13)17-8-16-14/h8-10,18H,3-7H2,1-2H3. The first-order valence-electron chi connectivity index (χ1n) is 7.33. The van der Waals surface area contributed by atoms with E-state index >= 15 is 0 Å². The van der Waals surface area contributed by atoms with Crippen LogP contribution in [0, 0.1) is 0 Å². The van der Waals surface area contributed by atoms with Crippen molar-refractivity contribution >= 4 is 33.3 Å². The molecule has 21 heavy (non-hydrogen) atoms. The quantitative estimate of drug-likeness (QED) is 0.654. The summed E-state index contributed by atoms with van der Waals surface area (Å²) in [6.45, 7) is 4.33. The van der Waals surface area contributed by atoms with Crippen molar-refractivity contribution in [1.82, 2.24) is 9.97 Å². The van der Waals surface area contributed by atoms with Gasteiger partial charge < -0.3 is 9.84 Å². The Kier molecular flexibility index (Phi) is 4.78. The number of fused-ring (bicyclic) bond motifs is 3. The number of thiophene rings is 1. The maximum absolute atomic E-state index is 9.99. The van der Waals surface area contributed by atoms with Gasteiger partial charge in [-0.15, -0.1) is 23.1 Å². The lowest BCUT2D eigenvalue weighted by molar-refractivity contribution is 0.0152. The minimum absolute atomic E-state index is 0.149. The highest BCUT2D eigenvalue weighted by atomic mass is 32.2. The van der Waals surface area contributed by atoms with Crippen LogP contribution in [0.15, 0.2) is 11.4 Å². The minimum atomic E-state index is -0.464. The molecule has 1 aliphatic rings. The van der Waals surface area contributed by atoms with E-state index in [1.54, 1.807) is 29.4 Å². The van der Waals surface area contributed by atoms with Gasteiger partial charge in [0.15, 0.2) is 0 Å². The van der Waals surface area contributed by atoms with E-state index in [4.69, 9.17) is 4.74 Å². The van der Waals surface area contributed by atoms with Crippen molar-refractivity contribution in [2.75, 3.05) is 12.4 Å². The lowest BCUT2D eigenvalue weighted by Crippen LogP contribution is -2.20. The van der Waals surface area contributed by atoms with Crippen LogP contribution in [-0.2, 0) is 17.6 Å². The predicted octanol–water partition coefficient (Wildman–Crippen LogP) is 3.06. The molecule has 2 heterocycles. The zero-order valence-corrected chi connectivity index (χ0v) is 14.0. The third-order valence-corrected chi connectivity index (χ3v) is 5.84. The van der Waals surface area contributed by atoms with Crippen molar-refractivity contribution in [2.45, 2.75) is 50.3 Å². The van der Waals surface area contributed by atoms with Gasteiger partial charge in [-0.2, -0.15) is 0 Å². The third kappa shape index (κ3) is 3.39. The molecule has 2 aromatic heterocycles. The largest absolute Gasteiger partial charge is 0.390 e. The molecule has 0 radical (unpaired) electrons. The maximum atomic E-state index is 9.99. The Bertz CT molecular complexity index is 627. The number of aliphatic hydroxyl groups excluding tert-OH is 1. The van der Waals surface area contributed by atoms with Crippen molar-refractivity contribution in [3.8, 4) is 0 Å². The van der Waals surface area contributed by atoms with Gasteiger partial charge in [-0.1, -0.05) is 0 Å². The Morgan fingerprint density at radius 1 is 1.38 bits per heavy atom. The smallest absolute Gasteiger partial charge is 0.128 e. The van der Waals surface area contributed by atoms with Crippen LogP contribution < -0.4 is 0 Å². The second kappa shape index (κ2) is 6.60. The molecule has 0 bridgehead atoms. The molecule has 0 fully saturated rings. The molecule has 114 valence electrons. The van der Waals surface area contributed by atoms with Crippen LogP contribution in [-0.4, -0.2) is 39.6 Å². The molecular weight excluding hydrogens is 304 g/mol. The number of nitrogens with zero attached hydrogens (tertiary/aromatic N) is 2. The van der Waals surface area contributed by atoms with Gasteiger partial charge in [-0.3, -0.25) is 0 Å². The molecular formula is C15H20N2O2S2. The number of aliphatic hydroxyl groups is 1. The summed E-state index contributed by atoms with van der Waals surface area (Å²) in [5.41, 5.74) is 1.44. The first kappa shape index (κ1) is 15.2. The van der Waals surface area contributed by atoms with Gasteiger partial charge in [0.05, 0.1) is 18.8 Å². The summed E-state index contributed by atoms with van der Waals surface area (Å²) in [5.74, 6) is 0.601. The average molecular weight is 324 g/mol. The molecule has 2 aromatic rings.